The van der Waals surface area contributed by atoms with Gasteiger partial charge in [-0.05, 0) is 17.5 Å². The van der Waals surface area contributed by atoms with Crippen LogP contribution in [0.15, 0.2) is 73.3 Å². The SMILES string of the molecule is C=CCC1(c2ccccc2)C(=O)N(CC[NH+](C)C)C(=O)N(Cc2ccccc2)C1=O.[Cl-]. The first-order valence-electron chi connectivity index (χ1n) is 10.1. The molecule has 1 heterocycles. The lowest BCUT2D eigenvalue weighted by Gasteiger charge is -2.44. The van der Waals surface area contributed by atoms with Gasteiger partial charge in [0.2, 0.25) is 0 Å². The minimum atomic E-state index is -1.49. The van der Waals surface area contributed by atoms with Gasteiger partial charge in [0.15, 0.2) is 5.41 Å². The van der Waals surface area contributed by atoms with E-state index in [9.17, 15) is 14.4 Å². The second kappa shape index (κ2) is 10.4. The van der Waals surface area contributed by atoms with Gasteiger partial charge in [0.1, 0.15) is 0 Å². The maximum absolute atomic E-state index is 13.8. The van der Waals surface area contributed by atoms with E-state index in [-0.39, 0.29) is 31.9 Å². The zero-order valence-corrected chi connectivity index (χ0v) is 18.6. The molecule has 1 saturated heterocycles. The summed E-state index contributed by atoms with van der Waals surface area (Å²) in [7, 11) is 3.92. The Labute approximate surface area is 189 Å². The summed E-state index contributed by atoms with van der Waals surface area (Å²) in [5.41, 5.74) is -0.0900. The summed E-state index contributed by atoms with van der Waals surface area (Å²) in [6.07, 6.45) is 1.70. The Kier molecular flexibility index (Phi) is 8.14. The molecule has 1 fully saturated rings. The molecule has 2 aromatic carbocycles. The van der Waals surface area contributed by atoms with Gasteiger partial charge in [0.25, 0.3) is 11.8 Å². The van der Waals surface area contributed by atoms with E-state index in [1.54, 1.807) is 30.3 Å². The minimum absolute atomic E-state index is 0. The molecule has 1 unspecified atom stereocenters. The third kappa shape index (κ3) is 4.70. The normalized spacial score (nSPS) is 18.9. The second-order valence-electron chi connectivity index (χ2n) is 7.84. The number of carbonyl (C=O) groups is 3. The van der Waals surface area contributed by atoms with Crippen molar-refractivity contribution in [2.75, 3.05) is 27.2 Å². The van der Waals surface area contributed by atoms with Crippen molar-refractivity contribution in [3.8, 4) is 0 Å². The summed E-state index contributed by atoms with van der Waals surface area (Å²) in [5, 5.41) is 0. The van der Waals surface area contributed by atoms with Crippen molar-refractivity contribution in [1.82, 2.24) is 9.80 Å². The predicted octanol–water partition coefficient (Wildman–Crippen LogP) is -1.36. The van der Waals surface area contributed by atoms with Crippen molar-refractivity contribution >= 4 is 17.8 Å². The van der Waals surface area contributed by atoms with Crippen LogP contribution >= 0.6 is 0 Å². The average Bonchev–Trinajstić information content (AvgIpc) is 2.75. The van der Waals surface area contributed by atoms with E-state index >= 15 is 0 Å². The Bertz CT molecular complexity index is 934. The molecular formula is C24H28ClN3O3. The smallest absolute Gasteiger partial charge is 0.333 e. The monoisotopic (exact) mass is 441 g/mol. The van der Waals surface area contributed by atoms with E-state index < -0.39 is 23.3 Å². The van der Waals surface area contributed by atoms with E-state index in [4.69, 9.17) is 0 Å². The molecule has 0 radical (unpaired) electrons. The Morgan fingerprint density at radius 1 is 0.903 bits per heavy atom. The number of nitrogens with one attached hydrogen (secondary N) is 1. The molecule has 3 rings (SSSR count). The highest BCUT2D eigenvalue weighted by molar-refractivity contribution is 6.22. The van der Waals surface area contributed by atoms with Crippen LogP contribution in [-0.2, 0) is 21.5 Å². The predicted molar refractivity (Wildman–Crippen MR) is 115 cm³/mol. The summed E-state index contributed by atoms with van der Waals surface area (Å²) in [4.78, 5) is 44.2. The highest BCUT2D eigenvalue weighted by atomic mass is 35.5. The van der Waals surface area contributed by atoms with Gasteiger partial charge in [0.05, 0.1) is 33.7 Å². The number of allylic oxidation sites excluding steroid dienone is 1. The zero-order chi connectivity index (χ0) is 21.7. The lowest BCUT2D eigenvalue weighted by Crippen LogP contribution is -3.06. The molecule has 1 atom stereocenters. The number of likely N-dealkylation sites (N-methyl/N-ethyl adjacent to an activating group) is 1. The number of quaternary nitrogens is 1. The maximum Gasteiger partial charge on any atom is 0.333 e. The lowest BCUT2D eigenvalue weighted by atomic mass is 9.73. The number of hydrogen-bond donors (Lipinski definition) is 1. The van der Waals surface area contributed by atoms with Crippen LogP contribution in [0, 0.1) is 0 Å². The number of carbonyl (C=O) groups excluding carboxylic acids is 3. The van der Waals surface area contributed by atoms with E-state index in [0.29, 0.717) is 12.1 Å². The number of benzene rings is 2. The van der Waals surface area contributed by atoms with Crippen molar-refractivity contribution in [1.29, 1.82) is 0 Å². The van der Waals surface area contributed by atoms with Crippen molar-refractivity contribution < 1.29 is 31.7 Å². The molecule has 2 aromatic rings. The number of barbiturate groups is 1. The molecule has 0 aromatic heterocycles. The molecule has 7 heteroatoms. The van der Waals surface area contributed by atoms with Gasteiger partial charge in [-0.1, -0.05) is 66.7 Å². The van der Waals surface area contributed by atoms with Crippen LogP contribution < -0.4 is 17.3 Å². The number of amides is 4. The minimum Gasteiger partial charge on any atom is -1.00 e. The van der Waals surface area contributed by atoms with Gasteiger partial charge in [-0.2, -0.15) is 0 Å². The van der Waals surface area contributed by atoms with Gasteiger partial charge in [0, 0.05) is 0 Å². The number of halogens is 1. The fourth-order valence-corrected chi connectivity index (χ4v) is 3.79. The van der Waals surface area contributed by atoms with Crippen LogP contribution in [0.3, 0.4) is 0 Å². The zero-order valence-electron chi connectivity index (χ0n) is 17.9. The van der Waals surface area contributed by atoms with Crippen LogP contribution in [0.2, 0.25) is 0 Å². The largest absolute Gasteiger partial charge is 1.00 e. The van der Waals surface area contributed by atoms with Crippen LogP contribution in [-0.4, -0.2) is 54.8 Å². The Morgan fingerprint density at radius 2 is 1.45 bits per heavy atom. The van der Waals surface area contributed by atoms with E-state index in [0.717, 1.165) is 10.5 Å². The number of nitrogens with zero attached hydrogens (tertiary/aromatic N) is 2. The number of hydrogen-bond acceptors (Lipinski definition) is 3. The summed E-state index contributed by atoms with van der Waals surface area (Å²) in [5.74, 6) is -0.977. The van der Waals surface area contributed by atoms with Crippen molar-refractivity contribution in [3.05, 3.63) is 84.4 Å². The molecule has 1 aliphatic heterocycles. The summed E-state index contributed by atoms with van der Waals surface area (Å²) >= 11 is 0. The Morgan fingerprint density at radius 3 is 2.00 bits per heavy atom. The van der Waals surface area contributed by atoms with E-state index in [1.165, 1.54) is 9.80 Å². The molecular weight excluding hydrogens is 414 g/mol. The van der Waals surface area contributed by atoms with Crippen molar-refractivity contribution in [3.63, 3.8) is 0 Å². The van der Waals surface area contributed by atoms with E-state index in [2.05, 4.69) is 6.58 Å². The van der Waals surface area contributed by atoms with Crippen molar-refractivity contribution in [2.45, 2.75) is 18.4 Å². The quantitative estimate of drug-likeness (QED) is 0.406. The van der Waals surface area contributed by atoms with Crippen LogP contribution in [0.4, 0.5) is 4.79 Å². The van der Waals surface area contributed by atoms with Gasteiger partial charge >= 0.3 is 6.03 Å². The molecule has 1 N–H and O–H groups in total. The Balaban J connectivity index is 0.00000341. The molecule has 0 bridgehead atoms. The third-order valence-corrected chi connectivity index (χ3v) is 5.42. The third-order valence-electron chi connectivity index (χ3n) is 5.42. The van der Waals surface area contributed by atoms with Crippen LogP contribution in [0.25, 0.3) is 0 Å². The summed E-state index contributed by atoms with van der Waals surface area (Å²) < 4.78 is 0. The van der Waals surface area contributed by atoms with Gasteiger partial charge in [-0.25, -0.2) is 4.79 Å². The number of rotatable bonds is 8. The highest BCUT2D eigenvalue weighted by Gasteiger charge is 2.57. The topological polar surface area (TPSA) is 62.1 Å². The van der Waals surface area contributed by atoms with E-state index in [1.807, 2.05) is 50.5 Å². The lowest BCUT2D eigenvalue weighted by molar-refractivity contribution is -0.857. The number of urea groups is 1. The number of imide groups is 2. The molecule has 6 nitrogen and oxygen atoms in total. The fraction of sp³-hybridized carbons (Fsp3) is 0.292. The van der Waals surface area contributed by atoms with Gasteiger partial charge < -0.3 is 17.3 Å². The van der Waals surface area contributed by atoms with Gasteiger partial charge in [-0.15, -0.1) is 6.58 Å². The average molecular weight is 442 g/mol. The molecule has 4 amide bonds. The highest BCUT2D eigenvalue weighted by Crippen LogP contribution is 2.37. The first-order chi connectivity index (χ1) is 14.4. The summed E-state index contributed by atoms with van der Waals surface area (Å²) in [6.45, 7) is 4.73. The molecule has 31 heavy (non-hydrogen) atoms. The first kappa shape index (κ1) is 24.3. The van der Waals surface area contributed by atoms with Crippen LogP contribution in [0.5, 0.6) is 0 Å². The molecule has 164 valence electrons. The second-order valence-corrected chi connectivity index (χ2v) is 7.84. The maximum atomic E-state index is 13.8. The van der Waals surface area contributed by atoms with Gasteiger partial charge in [-0.3, -0.25) is 19.4 Å². The fourth-order valence-electron chi connectivity index (χ4n) is 3.79. The first-order valence-corrected chi connectivity index (χ1v) is 10.1. The van der Waals surface area contributed by atoms with Crippen LogP contribution in [0.1, 0.15) is 17.5 Å². The molecule has 1 aliphatic rings. The van der Waals surface area contributed by atoms with Crippen molar-refractivity contribution in [2.24, 2.45) is 0 Å². The molecule has 0 saturated carbocycles. The Hall–Kier alpha value is -2.96. The summed E-state index contributed by atoms with van der Waals surface area (Å²) in [6, 6.07) is 17.7. The standard InChI is InChI=1S/C24H27N3O3.ClH/c1-4-15-24(20-13-9-6-10-14-20)21(28)26(17-16-25(2)3)23(30)27(22(24)29)18-19-11-7-5-8-12-19;/h4-14H,1,15-18H2,2-3H3;1H. The molecule has 0 spiro atoms. The molecule has 0 aliphatic carbocycles.